The average molecular weight is 348 g/mol. The third kappa shape index (κ3) is 4.10. The van der Waals surface area contributed by atoms with E-state index in [0.29, 0.717) is 25.9 Å². The Bertz CT molecular complexity index is 657. The fourth-order valence-electron chi connectivity index (χ4n) is 2.33. The van der Waals surface area contributed by atoms with Crippen LogP contribution in [0, 0.1) is 0 Å². The van der Waals surface area contributed by atoms with E-state index in [1.807, 2.05) is 0 Å². The van der Waals surface area contributed by atoms with Gasteiger partial charge in [-0.3, -0.25) is 4.79 Å². The molecule has 3 N–H and O–H groups in total. The summed E-state index contributed by atoms with van der Waals surface area (Å²) in [5.41, 5.74) is 0.246. The van der Waals surface area contributed by atoms with Crippen molar-refractivity contribution in [3.05, 3.63) is 28.8 Å². The van der Waals surface area contributed by atoms with Crippen molar-refractivity contribution < 1.29 is 18.3 Å². The number of phenols is 1. The van der Waals surface area contributed by atoms with Gasteiger partial charge in [-0.15, -0.1) is 0 Å². The molecule has 0 atom stereocenters. The maximum atomic E-state index is 12.4. The van der Waals surface area contributed by atoms with E-state index in [9.17, 15) is 18.3 Å². The number of halogens is 1. The molecule has 1 fully saturated rings. The number of phenolic OH excluding ortho intramolecular Hbond substituents is 1. The SMILES string of the molecule is CNS(=O)(=O)NC1CCN(C(=O)c2cc(O)ccc2Cl)CC1. The normalized spacial score (nSPS) is 16.7. The number of hydrogen-bond acceptors (Lipinski definition) is 4. The van der Waals surface area contributed by atoms with Gasteiger partial charge in [0.25, 0.3) is 16.1 Å². The van der Waals surface area contributed by atoms with Gasteiger partial charge in [-0.2, -0.15) is 13.1 Å². The van der Waals surface area contributed by atoms with Crippen molar-refractivity contribution in [3.63, 3.8) is 0 Å². The summed E-state index contributed by atoms with van der Waals surface area (Å²) < 4.78 is 27.6. The summed E-state index contributed by atoms with van der Waals surface area (Å²) in [5.74, 6) is -0.291. The number of hydrogen-bond donors (Lipinski definition) is 3. The van der Waals surface area contributed by atoms with Crippen molar-refractivity contribution in [1.82, 2.24) is 14.3 Å². The van der Waals surface area contributed by atoms with Crippen LogP contribution in [0.25, 0.3) is 0 Å². The zero-order valence-corrected chi connectivity index (χ0v) is 13.6. The van der Waals surface area contributed by atoms with Gasteiger partial charge in [0, 0.05) is 26.2 Å². The number of nitrogens with zero attached hydrogens (tertiary/aromatic N) is 1. The van der Waals surface area contributed by atoms with Crippen LogP contribution >= 0.6 is 11.6 Å². The van der Waals surface area contributed by atoms with Crippen molar-refractivity contribution in [2.75, 3.05) is 20.1 Å². The Hall–Kier alpha value is -1.35. The third-order valence-electron chi connectivity index (χ3n) is 3.55. The predicted molar refractivity (Wildman–Crippen MR) is 83.2 cm³/mol. The number of piperidine rings is 1. The number of nitrogens with one attached hydrogen (secondary N) is 2. The van der Waals surface area contributed by atoms with E-state index in [-0.39, 0.29) is 28.3 Å². The molecular weight excluding hydrogens is 330 g/mol. The molecule has 2 rings (SSSR count). The van der Waals surface area contributed by atoms with Gasteiger partial charge in [-0.25, -0.2) is 4.72 Å². The van der Waals surface area contributed by atoms with Crippen LogP contribution in [0.1, 0.15) is 23.2 Å². The molecule has 1 saturated heterocycles. The first-order valence-corrected chi connectivity index (χ1v) is 8.67. The molecule has 7 nitrogen and oxygen atoms in total. The number of carbonyl (C=O) groups is 1. The van der Waals surface area contributed by atoms with E-state index in [4.69, 9.17) is 11.6 Å². The van der Waals surface area contributed by atoms with Gasteiger partial charge < -0.3 is 10.0 Å². The average Bonchev–Trinajstić information content (AvgIpc) is 2.49. The summed E-state index contributed by atoms with van der Waals surface area (Å²) >= 11 is 5.99. The molecule has 22 heavy (non-hydrogen) atoms. The lowest BCUT2D eigenvalue weighted by Gasteiger charge is -2.32. The fraction of sp³-hybridized carbons (Fsp3) is 0.462. The van der Waals surface area contributed by atoms with Gasteiger partial charge in [0.05, 0.1) is 10.6 Å². The standard InChI is InChI=1S/C13H18ClN3O4S/c1-15-22(20,21)16-9-4-6-17(7-5-9)13(19)11-8-10(18)2-3-12(11)14/h2-3,8-9,15-16,18H,4-7H2,1H3. The first-order chi connectivity index (χ1) is 10.3. The van der Waals surface area contributed by atoms with Crippen molar-refractivity contribution in [1.29, 1.82) is 0 Å². The zero-order valence-electron chi connectivity index (χ0n) is 12.0. The third-order valence-corrected chi connectivity index (χ3v) is 5.06. The summed E-state index contributed by atoms with van der Waals surface area (Å²) in [5, 5.41) is 9.75. The summed E-state index contributed by atoms with van der Waals surface area (Å²) in [6.45, 7) is 0.837. The van der Waals surface area contributed by atoms with Gasteiger partial charge in [0.2, 0.25) is 0 Å². The Labute approximate surface area is 134 Å². The van der Waals surface area contributed by atoms with Gasteiger partial charge in [-0.05, 0) is 31.0 Å². The largest absolute Gasteiger partial charge is 0.508 e. The topological polar surface area (TPSA) is 98.7 Å². The quantitative estimate of drug-likeness (QED) is 0.746. The minimum absolute atomic E-state index is 0.0237. The molecule has 0 radical (unpaired) electrons. The Morgan fingerprint density at radius 1 is 1.36 bits per heavy atom. The van der Waals surface area contributed by atoms with Crippen LogP contribution in [-0.2, 0) is 10.2 Å². The van der Waals surface area contributed by atoms with E-state index in [2.05, 4.69) is 9.44 Å². The first-order valence-electron chi connectivity index (χ1n) is 6.81. The van der Waals surface area contributed by atoms with Crippen LogP contribution < -0.4 is 9.44 Å². The summed E-state index contributed by atoms with van der Waals surface area (Å²) in [6, 6.07) is 4.01. The lowest BCUT2D eigenvalue weighted by Crippen LogP contribution is -2.48. The van der Waals surface area contributed by atoms with E-state index in [0.717, 1.165) is 0 Å². The first kappa shape index (κ1) is 17.0. The minimum Gasteiger partial charge on any atom is -0.508 e. The number of likely N-dealkylation sites (tertiary alicyclic amines) is 1. The Balaban J connectivity index is 1.99. The molecule has 122 valence electrons. The summed E-state index contributed by atoms with van der Waals surface area (Å²) in [6.07, 6.45) is 1.03. The molecule has 0 aromatic heterocycles. The van der Waals surface area contributed by atoms with Crippen LogP contribution in [0.15, 0.2) is 18.2 Å². The van der Waals surface area contributed by atoms with E-state index in [1.165, 1.54) is 25.2 Å². The van der Waals surface area contributed by atoms with Crippen molar-refractivity contribution in [2.24, 2.45) is 0 Å². The molecule has 0 aliphatic carbocycles. The molecule has 0 spiro atoms. The molecule has 1 aromatic rings. The van der Waals surface area contributed by atoms with Gasteiger partial charge >= 0.3 is 0 Å². The highest BCUT2D eigenvalue weighted by atomic mass is 35.5. The van der Waals surface area contributed by atoms with Crippen LogP contribution in [0.2, 0.25) is 5.02 Å². The highest BCUT2D eigenvalue weighted by Gasteiger charge is 2.27. The second kappa shape index (κ2) is 6.82. The summed E-state index contributed by atoms with van der Waals surface area (Å²) in [7, 11) is -2.14. The molecule has 1 heterocycles. The number of aromatic hydroxyl groups is 1. The van der Waals surface area contributed by atoms with Gasteiger partial charge in [0.15, 0.2) is 0 Å². The van der Waals surface area contributed by atoms with Crippen molar-refractivity contribution >= 4 is 27.7 Å². The highest BCUT2D eigenvalue weighted by molar-refractivity contribution is 7.87. The Morgan fingerprint density at radius 2 is 2.00 bits per heavy atom. The molecule has 0 saturated carbocycles. The van der Waals surface area contributed by atoms with Gasteiger partial charge in [-0.1, -0.05) is 11.6 Å². The van der Waals surface area contributed by atoms with E-state index in [1.54, 1.807) is 4.90 Å². The number of benzene rings is 1. The monoisotopic (exact) mass is 347 g/mol. The van der Waals surface area contributed by atoms with Crippen LogP contribution in [-0.4, -0.2) is 50.5 Å². The molecular formula is C13H18ClN3O4S. The summed E-state index contributed by atoms with van der Waals surface area (Å²) in [4.78, 5) is 14.0. The lowest BCUT2D eigenvalue weighted by molar-refractivity contribution is 0.0711. The number of rotatable bonds is 4. The molecule has 1 aromatic carbocycles. The number of carbonyl (C=O) groups excluding carboxylic acids is 1. The highest BCUT2D eigenvalue weighted by Crippen LogP contribution is 2.24. The second-order valence-electron chi connectivity index (χ2n) is 5.06. The maximum absolute atomic E-state index is 12.4. The van der Waals surface area contributed by atoms with Crippen LogP contribution in [0.3, 0.4) is 0 Å². The minimum atomic E-state index is -3.48. The second-order valence-corrected chi connectivity index (χ2v) is 7.11. The van der Waals surface area contributed by atoms with Crippen LogP contribution in [0.4, 0.5) is 0 Å². The number of amides is 1. The Kier molecular flexibility index (Phi) is 5.28. The maximum Gasteiger partial charge on any atom is 0.276 e. The fourth-order valence-corrected chi connectivity index (χ4v) is 3.32. The van der Waals surface area contributed by atoms with Crippen molar-refractivity contribution in [3.8, 4) is 5.75 Å². The molecule has 0 unspecified atom stereocenters. The van der Waals surface area contributed by atoms with E-state index >= 15 is 0 Å². The smallest absolute Gasteiger partial charge is 0.276 e. The molecule has 0 bridgehead atoms. The lowest BCUT2D eigenvalue weighted by atomic mass is 10.0. The van der Waals surface area contributed by atoms with Crippen molar-refractivity contribution in [2.45, 2.75) is 18.9 Å². The predicted octanol–water partition coefficient (Wildman–Crippen LogP) is 0.704. The zero-order chi connectivity index (χ0) is 16.3. The molecule has 1 aliphatic rings. The molecule has 1 aliphatic heterocycles. The Morgan fingerprint density at radius 3 is 2.59 bits per heavy atom. The van der Waals surface area contributed by atoms with E-state index < -0.39 is 10.2 Å². The molecule has 1 amide bonds. The van der Waals surface area contributed by atoms with Gasteiger partial charge in [0.1, 0.15) is 5.75 Å². The molecule has 9 heteroatoms. The van der Waals surface area contributed by atoms with Crippen LogP contribution in [0.5, 0.6) is 5.75 Å².